The van der Waals surface area contributed by atoms with Gasteiger partial charge in [0.2, 0.25) is 0 Å². The van der Waals surface area contributed by atoms with Crippen molar-refractivity contribution in [2.24, 2.45) is 5.73 Å². The minimum Gasteiger partial charge on any atom is -0.497 e. The van der Waals surface area contributed by atoms with E-state index >= 15 is 0 Å². The smallest absolute Gasteiger partial charge is 0.495 e. The number of hydrogen-bond acceptors (Lipinski definition) is 6. The second-order valence-corrected chi connectivity index (χ2v) is 4.72. The zero-order chi connectivity index (χ0) is 13.4. The van der Waals surface area contributed by atoms with Crippen LogP contribution in [0.1, 0.15) is 0 Å². The van der Waals surface area contributed by atoms with Gasteiger partial charge < -0.3 is 30.0 Å². The topological polar surface area (TPSA) is 94.2 Å². The van der Waals surface area contributed by atoms with Gasteiger partial charge in [-0.2, -0.15) is 0 Å². The summed E-state index contributed by atoms with van der Waals surface area (Å²) in [5.74, 6) is 0. The van der Waals surface area contributed by atoms with E-state index in [1.165, 1.54) is 0 Å². The predicted molar refractivity (Wildman–Crippen MR) is 75.1 cm³/mol. The standard InChI is InChI=1S/C12H16BNO5.ClH/c14-4-8-3-7-1-2-17-6-9-11(7)13(18-8)19-12(9)10(16)5-15;/h1-3,8,10,12,15-16H,4-6,14H2;1H/t8?,10-,12-;/m0./s1. The van der Waals surface area contributed by atoms with E-state index in [2.05, 4.69) is 0 Å². The van der Waals surface area contributed by atoms with E-state index in [-0.39, 0.29) is 25.1 Å². The Morgan fingerprint density at radius 1 is 1.45 bits per heavy atom. The molecule has 0 amide bonds. The molecule has 110 valence electrons. The molecule has 0 aromatic heterocycles. The number of rotatable bonds is 3. The van der Waals surface area contributed by atoms with Crippen LogP contribution in [0.25, 0.3) is 0 Å². The van der Waals surface area contributed by atoms with Crippen LogP contribution in [0, 0.1) is 0 Å². The van der Waals surface area contributed by atoms with Crippen molar-refractivity contribution in [3.05, 3.63) is 35.0 Å². The van der Waals surface area contributed by atoms with E-state index in [9.17, 15) is 5.11 Å². The first-order chi connectivity index (χ1) is 9.24. The highest BCUT2D eigenvalue weighted by Gasteiger charge is 2.47. The molecule has 3 rings (SSSR count). The quantitative estimate of drug-likeness (QED) is 0.598. The molecule has 0 radical (unpaired) electrons. The summed E-state index contributed by atoms with van der Waals surface area (Å²) in [6.45, 7) is 0.299. The van der Waals surface area contributed by atoms with Crippen LogP contribution in [-0.4, -0.2) is 55.4 Å². The fraction of sp³-hybridized carbons (Fsp3) is 0.500. The van der Waals surface area contributed by atoms with Crippen molar-refractivity contribution >= 4 is 19.5 Å². The predicted octanol–water partition coefficient (Wildman–Crippen LogP) is -0.688. The number of hydrogen-bond donors (Lipinski definition) is 3. The summed E-state index contributed by atoms with van der Waals surface area (Å²) >= 11 is 0. The molecule has 3 heterocycles. The molecule has 8 heteroatoms. The molecule has 4 N–H and O–H groups in total. The molecule has 0 fully saturated rings. The van der Waals surface area contributed by atoms with Crippen molar-refractivity contribution in [2.45, 2.75) is 18.3 Å². The van der Waals surface area contributed by atoms with Gasteiger partial charge in [0.25, 0.3) is 0 Å². The van der Waals surface area contributed by atoms with Gasteiger partial charge in [-0.25, -0.2) is 0 Å². The van der Waals surface area contributed by atoms with Gasteiger partial charge in [-0.15, -0.1) is 12.4 Å². The molecule has 20 heavy (non-hydrogen) atoms. The number of halogens is 1. The summed E-state index contributed by atoms with van der Waals surface area (Å²) in [4.78, 5) is 0. The lowest BCUT2D eigenvalue weighted by Gasteiger charge is -2.24. The molecule has 0 saturated carbocycles. The molecule has 0 spiro atoms. The van der Waals surface area contributed by atoms with Crippen molar-refractivity contribution in [3.8, 4) is 0 Å². The summed E-state index contributed by atoms with van der Waals surface area (Å²) in [7, 11) is -0.555. The molecule has 0 aromatic carbocycles. The van der Waals surface area contributed by atoms with Crippen molar-refractivity contribution in [2.75, 3.05) is 19.8 Å². The number of ether oxygens (including phenoxy) is 1. The van der Waals surface area contributed by atoms with Crippen LogP contribution < -0.4 is 5.73 Å². The average molecular weight is 302 g/mol. The van der Waals surface area contributed by atoms with E-state index in [4.69, 9.17) is 24.9 Å². The minimum atomic E-state index is -0.990. The SMILES string of the molecule is Cl.NCC1C=C2C=COCC3=C2B(O1)O[C@@H]3[C@@H](O)CO. The third-order valence-corrected chi connectivity index (χ3v) is 3.52. The second kappa shape index (κ2) is 6.30. The normalized spacial score (nSPS) is 29.1. The number of nitrogens with two attached hydrogens (primary N) is 1. The second-order valence-electron chi connectivity index (χ2n) is 4.72. The van der Waals surface area contributed by atoms with E-state index < -0.39 is 19.3 Å². The molecule has 3 aliphatic rings. The molecular formula is C12H17BClNO5. The Hall–Kier alpha value is -0.825. The highest BCUT2D eigenvalue weighted by Crippen LogP contribution is 2.37. The van der Waals surface area contributed by atoms with Gasteiger partial charge in [0.05, 0.1) is 25.1 Å². The van der Waals surface area contributed by atoms with E-state index in [0.29, 0.717) is 13.2 Å². The maximum absolute atomic E-state index is 9.85. The van der Waals surface area contributed by atoms with Crippen molar-refractivity contribution in [3.63, 3.8) is 0 Å². The summed E-state index contributed by atoms with van der Waals surface area (Å²) in [5, 5.41) is 19.0. The first-order valence-electron chi connectivity index (χ1n) is 6.27. The molecule has 0 aliphatic carbocycles. The van der Waals surface area contributed by atoms with Gasteiger partial charge in [0.1, 0.15) is 12.7 Å². The van der Waals surface area contributed by atoms with Crippen LogP contribution in [0.2, 0.25) is 0 Å². The molecule has 6 nitrogen and oxygen atoms in total. The lowest BCUT2D eigenvalue weighted by Crippen LogP contribution is -2.39. The van der Waals surface area contributed by atoms with Crippen LogP contribution in [-0.2, 0) is 14.0 Å². The third kappa shape index (κ3) is 2.53. The first-order valence-corrected chi connectivity index (χ1v) is 6.27. The van der Waals surface area contributed by atoms with Gasteiger partial charge in [0, 0.05) is 6.54 Å². The molecule has 3 aliphatic heterocycles. The summed E-state index contributed by atoms with van der Waals surface area (Å²) in [6.07, 6.45) is 3.56. The van der Waals surface area contributed by atoms with Crippen LogP contribution in [0.15, 0.2) is 35.0 Å². The summed E-state index contributed by atoms with van der Waals surface area (Å²) in [5.41, 5.74) is 8.28. The number of aliphatic hydroxyl groups excluding tert-OH is 2. The lowest BCUT2D eigenvalue weighted by atomic mass is 9.70. The van der Waals surface area contributed by atoms with Crippen LogP contribution in [0.4, 0.5) is 0 Å². The van der Waals surface area contributed by atoms with Crippen molar-refractivity contribution in [1.29, 1.82) is 0 Å². The zero-order valence-electron chi connectivity index (χ0n) is 10.8. The maximum Gasteiger partial charge on any atom is 0.495 e. The van der Waals surface area contributed by atoms with E-state index in [0.717, 1.165) is 16.6 Å². The van der Waals surface area contributed by atoms with Gasteiger partial charge >= 0.3 is 7.12 Å². The maximum atomic E-state index is 9.85. The lowest BCUT2D eigenvalue weighted by molar-refractivity contribution is 0.00450. The van der Waals surface area contributed by atoms with E-state index in [1.807, 2.05) is 12.2 Å². The molecule has 0 aromatic rings. The van der Waals surface area contributed by atoms with Crippen LogP contribution >= 0.6 is 12.4 Å². The van der Waals surface area contributed by atoms with E-state index in [1.54, 1.807) is 6.26 Å². The Bertz CT molecular complexity index is 467. The van der Waals surface area contributed by atoms with Gasteiger partial charge in [-0.05, 0) is 28.8 Å². The fourth-order valence-corrected chi connectivity index (χ4v) is 2.60. The van der Waals surface area contributed by atoms with Gasteiger partial charge in [-0.3, -0.25) is 0 Å². The first kappa shape index (κ1) is 15.6. The van der Waals surface area contributed by atoms with Crippen molar-refractivity contribution < 1.29 is 24.3 Å². The molecule has 0 saturated heterocycles. The third-order valence-electron chi connectivity index (χ3n) is 3.52. The fourth-order valence-electron chi connectivity index (χ4n) is 2.60. The Balaban J connectivity index is 0.00000147. The highest BCUT2D eigenvalue weighted by atomic mass is 35.5. The number of allylic oxidation sites excluding steroid dienone is 3. The Morgan fingerprint density at radius 2 is 2.25 bits per heavy atom. The molecule has 1 unspecified atom stereocenters. The van der Waals surface area contributed by atoms with Crippen LogP contribution in [0.5, 0.6) is 0 Å². The zero-order valence-corrected chi connectivity index (χ0v) is 11.6. The largest absolute Gasteiger partial charge is 0.497 e. The monoisotopic (exact) mass is 301 g/mol. The van der Waals surface area contributed by atoms with Crippen LogP contribution in [0.3, 0.4) is 0 Å². The molecule has 0 bridgehead atoms. The Labute approximate surface area is 123 Å². The van der Waals surface area contributed by atoms with Gasteiger partial charge in [0.15, 0.2) is 0 Å². The summed E-state index contributed by atoms with van der Waals surface area (Å²) in [6, 6.07) is 0. The average Bonchev–Trinajstić information content (AvgIpc) is 2.66. The highest BCUT2D eigenvalue weighted by molar-refractivity contribution is 6.57. The summed E-state index contributed by atoms with van der Waals surface area (Å²) < 4.78 is 16.8. The molecule has 3 atom stereocenters. The minimum absolute atomic E-state index is 0. The molecular weight excluding hydrogens is 284 g/mol. The Kier molecular flexibility index (Phi) is 4.90. The number of aliphatic hydroxyl groups is 2. The Morgan fingerprint density at radius 3 is 2.95 bits per heavy atom. The van der Waals surface area contributed by atoms with Crippen molar-refractivity contribution in [1.82, 2.24) is 0 Å². The van der Waals surface area contributed by atoms with Gasteiger partial charge in [-0.1, -0.05) is 0 Å².